The van der Waals surface area contributed by atoms with Crippen molar-refractivity contribution in [3.63, 3.8) is 0 Å². The van der Waals surface area contributed by atoms with E-state index in [0.717, 1.165) is 0 Å². The maximum Gasteiger partial charge on any atom is 0.277 e. The number of rotatable bonds is 4. The largest absolute Gasteiger partial charge is 0.345 e. The van der Waals surface area contributed by atoms with Crippen molar-refractivity contribution in [2.24, 2.45) is 12.8 Å². The molecule has 0 aromatic carbocycles. The fraction of sp³-hybridized carbons (Fsp3) is 0.444. The summed E-state index contributed by atoms with van der Waals surface area (Å²) in [6, 6.07) is 1.55. The van der Waals surface area contributed by atoms with Crippen LogP contribution in [-0.2, 0) is 7.05 Å². The predicted molar refractivity (Wildman–Crippen MR) is 66.7 cm³/mol. The molecule has 0 fully saturated rings. The second kappa shape index (κ2) is 6.32. The SMILES string of the molecule is Cl.Cn1cc(Br)cc1C(=O)NCC(F)(F)CN. The molecule has 4 nitrogen and oxygen atoms in total. The van der Waals surface area contributed by atoms with Crippen LogP contribution in [-0.4, -0.2) is 29.5 Å². The third kappa shape index (κ3) is 4.61. The number of nitrogens with one attached hydrogen (secondary N) is 1. The number of alkyl halides is 2. The molecule has 0 aliphatic heterocycles. The molecule has 0 spiro atoms. The summed E-state index contributed by atoms with van der Waals surface area (Å²) >= 11 is 3.19. The third-order valence-corrected chi connectivity index (χ3v) is 2.44. The molecule has 0 radical (unpaired) electrons. The molecule has 1 aromatic rings. The summed E-state index contributed by atoms with van der Waals surface area (Å²) in [4.78, 5) is 11.5. The Morgan fingerprint density at radius 1 is 1.65 bits per heavy atom. The van der Waals surface area contributed by atoms with E-state index in [0.29, 0.717) is 10.2 Å². The van der Waals surface area contributed by atoms with Crippen molar-refractivity contribution in [1.29, 1.82) is 0 Å². The highest BCUT2D eigenvalue weighted by Crippen LogP contribution is 2.14. The van der Waals surface area contributed by atoms with E-state index in [-0.39, 0.29) is 12.4 Å². The Labute approximate surface area is 112 Å². The summed E-state index contributed by atoms with van der Waals surface area (Å²) in [6.07, 6.45) is 1.66. The Morgan fingerprint density at radius 3 is 2.65 bits per heavy atom. The van der Waals surface area contributed by atoms with Gasteiger partial charge in [0.2, 0.25) is 0 Å². The molecule has 0 unspecified atom stereocenters. The maximum atomic E-state index is 12.8. The standard InChI is InChI=1S/C9H12BrF2N3O.ClH/c1-15-3-6(10)2-7(15)8(16)14-5-9(11,12)4-13;/h2-3H,4-5,13H2,1H3,(H,14,16);1H. The second-order valence-electron chi connectivity index (χ2n) is 3.40. The third-order valence-electron chi connectivity index (χ3n) is 2.01. The first-order valence-corrected chi connectivity index (χ1v) is 5.33. The van der Waals surface area contributed by atoms with Crippen LogP contribution in [0.3, 0.4) is 0 Å². The first kappa shape index (κ1) is 16.3. The van der Waals surface area contributed by atoms with Crippen LogP contribution in [0.1, 0.15) is 10.5 Å². The molecule has 1 aromatic heterocycles. The lowest BCUT2D eigenvalue weighted by Crippen LogP contribution is -2.41. The number of carbonyl (C=O) groups excluding carboxylic acids is 1. The van der Waals surface area contributed by atoms with E-state index < -0.39 is 24.9 Å². The Hall–Kier alpha value is -0.660. The van der Waals surface area contributed by atoms with Gasteiger partial charge in [0.15, 0.2) is 0 Å². The highest BCUT2D eigenvalue weighted by Gasteiger charge is 2.27. The zero-order valence-electron chi connectivity index (χ0n) is 9.04. The molecule has 1 rings (SSSR count). The Bertz CT molecular complexity index is 398. The predicted octanol–water partition coefficient (Wildman–Crippen LogP) is 1.53. The molecule has 3 N–H and O–H groups in total. The topological polar surface area (TPSA) is 60.0 Å². The van der Waals surface area contributed by atoms with Crippen LogP contribution in [0.2, 0.25) is 0 Å². The van der Waals surface area contributed by atoms with Gasteiger partial charge in [-0.3, -0.25) is 4.79 Å². The number of nitrogens with zero attached hydrogens (tertiary/aromatic N) is 1. The van der Waals surface area contributed by atoms with Crippen LogP contribution in [0.5, 0.6) is 0 Å². The molecular weight excluding hydrogens is 319 g/mol. The monoisotopic (exact) mass is 331 g/mol. The summed E-state index contributed by atoms with van der Waals surface area (Å²) in [5.74, 6) is -3.63. The summed E-state index contributed by atoms with van der Waals surface area (Å²) in [5.41, 5.74) is 5.16. The van der Waals surface area contributed by atoms with Crippen molar-refractivity contribution in [3.05, 3.63) is 22.4 Å². The lowest BCUT2D eigenvalue weighted by Gasteiger charge is -2.14. The zero-order chi connectivity index (χ0) is 12.3. The zero-order valence-corrected chi connectivity index (χ0v) is 11.4. The molecule has 0 saturated heterocycles. The molecule has 17 heavy (non-hydrogen) atoms. The number of aryl methyl sites for hydroxylation is 1. The van der Waals surface area contributed by atoms with E-state index in [9.17, 15) is 13.6 Å². The van der Waals surface area contributed by atoms with Crippen molar-refractivity contribution >= 4 is 34.2 Å². The lowest BCUT2D eigenvalue weighted by atomic mass is 10.3. The highest BCUT2D eigenvalue weighted by atomic mass is 79.9. The highest BCUT2D eigenvalue weighted by molar-refractivity contribution is 9.10. The summed E-state index contributed by atoms with van der Waals surface area (Å²) in [6.45, 7) is -1.55. The van der Waals surface area contributed by atoms with Crippen molar-refractivity contribution < 1.29 is 13.6 Å². The van der Waals surface area contributed by atoms with Gasteiger partial charge in [-0.15, -0.1) is 12.4 Å². The van der Waals surface area contributed by atoms with Gasteiger partial charge in [0.1, 0.15) is 5.69 Å². The molecule has 1 amide bonds. The van der Waals surface area contributed by atoms with Crippen LogP contribution in [0.4, 0.5) is 8.78 Å². The van der Waals surface area contributed by atoms with Crippen LogP contribution < -0.4 is 11.1 Å². The molecule has 98 valence electrons. The van der Waals surface area contributed by atoms with Crippen molar-refractivity contribution in [3.8, 4) is 0 Å². The van der Waals surface area contributed by atoms with E-state index in [1.165, 1.54) is 0 Å². The number of halogens is 4. The van der Waals surface area contributed by atoms with Gasteiger partial charge in [0, 0.05) is 17.7 Å². The molecule has 1 heterocycles. The summed E-state index contributed by atoms with van der Waals surface area (Å²) in [7, 11) is 1.65. The average molecular weight is 333 g/mol. The van der Waals surface area contributed by atoms with Gasteiger partial charge in [-0.25, -0.2) is 8.78 Å². The summed E-state index contributed by atoms with van der Waals surface area (Å²) < 4.78 is 27.8. The molecule has 8 heteroatoms. The Balaban J connectivity index is 0.00000256. The number of aromatic nitrogens is 1. The quantitative estimate of drug-likeness (QED) is 0.878. The van der Waals surface area contributed by atoms with Gasteiger partial charge in [-0.1, -0.05) is 0 Å². The molecular formula is C9H13BrClF2N3O. The van der Waals surface area contributed by atoms with E-state index in [4.69, 9.17) is 5.73 Å². The minimum Gasteiger partial charge on any atom is -0.345 e. The number of hydrogen-bond acceptors (Lipinski definition) is 2. The van der Waals surface area contributed by atoms with Crippen LogP contribution in [0.25, 0.3) is 0 Å². The van der Waals surface area contributed by atoms with Gasteiger partial charge in [0.25, 0.3) is 11.8 Å². The number of nitrogens with two attached hydrogens (primary N) is 1. The van der Waals surface area contributed by atoms with E-state index in [1.54, 1.807) is 23.9 Å². The number of amides is 1. The molecule has 0 saturated carbocycles. The first-order valence-electron chi connectivity index (χ1n) is 4.54. The molecule has 0 bridgehead atoms. The van der Waals surface area contributed by atoms with E-state index in [2.05, 4.69) is 21.2 Å². The van der Waals surface area contributed by atoms with E-state index >= 15 is 0 Å². The Morgan fingerprint density at radius 2 is 2.24 bits per heavy atom. The number of hydrogen-bond donors (Lipinski definition) is 2. The molecule has 0 aliphatic carbocycles. The smallest absolute Gasteiger partial charge is 0.277 e. The molecule has 0 aliphatic rings. The van der Waals surface area contributed by atoms with Crippen molar-refractivity contribution in [2.75, 3.05) is 13.1 Å². The lowest BCUT2D eigenvalue weighted by molar-refractivity contribution is 0.0118. The van der Waals surface area contributed by atoms with Gasteiger partial charge in [-0.2, -0.15) is 0 Å². The fourth-order valence-corrected chi connectivity index (χ4v) is 1.65. The second-order valence-corrected chi connectivity index (χ2v) is 4.31. The van der Waals surface area contributed by atoms with E-state index in [1.807, 2.05) is 0 Å². The van der Waals surface area contributed by atoms with Gasteiger partial charge in [0.05, 0.1) is 13.1 Å². The Kier molecular flexibility index (Phi) is 6.08. The normalized spacial score (nSPS) is 10.9. The van der Waals surface area contributed by atoms with Gasteiger partial charge < -0.3 is 15.6 Å². The fourth-order valence-electron chi connectivity index (χ4n) is 1.12. The van der Waals surface area contributed by atoms with Gasteiger partial charge in [-0.05, 0) is 22.0 Å². The first-order chi connectivity index (χ1) is 7.35. The maximum absolute atomic E-state index is 12.8. The van der Waals surface area contributed by atoms with Crippen LogP contribution >= 0.6 is 28.3 Å². The van der Waals surface area contributed by atoms with Gasteiger partial charge >= 0.3 is 0 Å². The van der Waals surface area contributed by atoms with Crippen molar-refractivity contribution in [1.82, 2.24) is 9.88 Å². The van der Waals surface area contributed by atoms with Crippen LogP contribution in [0, 0.1) is 0 Å². The summed E-state index contributed by atoms with van der Waals surface area (Å²) in [5, 5.41) is 2.13. The van der Waals surface area contributed by atoms with Crippen LogP contribution in [0.15, 0.2) is 16.7 Å². The molecule has 0 atom stereocenters. The van der Waals surface area contributed by atoms with Crippen molar-refractivity contribution in [2.45, 2.75) is 5.92 Å². The average Bonchev–Trinajstić information content (AvgIpc) is 2.54. The number of carbonyl (C=O) groups is 1. The minimum atomic E-state index is -3.07. The minimum absolute atomic E-state index is 0.